The molecule has 1 aromatic carbocycles. The van der Waals surface area contributed by atoms with Crippen LogP contribution >= 0.6 is 35.6 Å². The van der Waals surface area contributed by atoms with Crippen LogP contribution in [0.1, 0.15) is 25.3 Å². The van der Waals surface area contributed by atoms with Crippen molar-refractivity contribution in [3.8, 4) is 0 Å². The highest BCUT2D eigenvalue weighted by Gasteiger charge is 2.08. The zero-order chi connectivity index (χ0) is 18.8. The first-order chi connectivity index (χ1) is 12.6. The van der Waals surface area contributed by atoms with Gasteiger partial charge in [0.2, 0.25) is 5.56 Å². The average molecular weight is 503 g/mol. The van der Waals surface area contributed by atoms with Gasteiger partial charge in [0.15, 0.2) is 5.96 Å². The second-order valence-electron chi connectivity index (χ2n) is 6.12. The van der Waals surface area contributed by atoms with Crippen molar-refractivity contribution in [2.45, 2.75) is 32.9 Å². The number of aromatic nitrogens is 1. The van der Waals surface area contributed by atoms with Crippen LogP contribution in [0.5, 0.6) is 0 Å². The molecule has 0 aliphatic heterocycles. The van der Waals surface area contributed by atoms with Gasteiger partial charge in [0, 0.05) is 50.5 Å². The summed E-state index contributed by atoms with van der Waals surface area (Å²) in [6.07, 6.45) is 3.67. The fourth-order valence-electron chi connectivity index (χ4n) is 2.65. The number of aryl methyl sites for hydroxylation is 1. The zero-order valence-electron chi connectivity index (χ0n) is 15.9. The van der Waals surface area contributed by atoms with Crippen LogP contribution in [0.15, 0.2) is 58.4 Å². The van der Waals surface area contributed by atoms with Crippen LogP contribution in [-0.2, 0) is 13.1 Å². The van der Waals surface area contributed by atoms with Crippen molar-refractivity contribution < 1.29 is 0 Å². The maximum Gasteiger partial charge on any atom is 0.250 e. The van der Waals surface area contributed by atoms with Crippen molar-refractivity contribution in [1.82, 2.24) is 14.8 Å². The molecule has 0 unspecified atom stereocenters. The van der Waals surface area contributed by atoms with Gasteiger partial charge in [-0.2, -0.15) is 0 Å². The Balaban J connectivity index is 0.00000364. The predicted octanol–water partition coefficient (Wildman–Crippen LogP) is 4.00. The first kappa shape index (κ1) is 23.5. The number of hydrogen-bond acceptors (Lipinski definition) is 2. The van der Waals surface area contributed by atoms with Gasteiger partial charge in [0.25, 0.3) is 0 Å². The van der Waals surface area contributed by atoms with E-state index in [0.29, 0.717) is 6.54 Å². The maximum atomic E-state index is 11.7. The van der Waals surface area contributed by atoms with Gasteiger partial charge in [-0.25, -0.2) is 0 Å². The monoisotopic (exact) mass is 502 g/mol. The summed E-state index contributed by atoms with van der Waals surface area (Å²) >= 11 is 6.25. The van der Waals surface area contributed by atoms with E-state index in [1.165, 1.54) is 0 Å². The fourth-order valence-corrected chi connectivity index (χ4v) is 2.85. The Morgan fingerprint density at radius 3 is 2.63 bits per heavy atom. The minimum Gasteiger partial charge on any atom is -0.357 e. The Bertz CT molecular complexity index is 778. The number of halogens is 2. The van der Waals surface area contributed by atoms with E-state index >= 15 is 0 Å². The molecule has 0 aliphatic rings. The number of rotatable bonds is 8. The van der Waals surface area contributed by atoms with E-state index in [2.05, 4.69) is 17.1 Å². The smallest absolute Gasteiger partial charge is 0.250 e. The largest absolute Gasteiger partial charge is 0.357 e. The molecule has 0 fully saturated rings. The van der Waals surface area contributed by atoms with Gasteiger partial charge >= 0.3 is 0 Å². The van der Waals surface area contributed by atoms with Crippen LogP contribution in [-0.4, -0.2) is 35.6 Å². The first-order valence-corrected chi connectivity index (χ1v) is 9.38. The van der Waals surface area contributed by atoms with E-state index < -0.39 is 0 Å². The standard InChI is InChI=1S/C20H27ClN4O.HI/c1-3-22-20(24(2)16-17-10-4-5-11-18(17)21)23-13-7-9-15-25-14-8-6-12-19(25)26;/h4-6,8,10-12,14H,3,7,9,13,15-16H2,1-2H3,(H,22,23);1H. The summed E-state index contributed by atoms with van der Waals surface area (Å²) in [5.41, 5.74) is 1.12. The van der Waals surface area contributed by atoms with Gasteiger partial charge in [-0.15, -0.1) is 24.0 Å². The highest BCUT2D eigenvalue weighted by molar-refractivity contribution is 14.0. The number of hydrogen-bond donors (Lipinski definition) is 1. The summed E-state index contributed by atoms with van der Waals surface area (Å²) < 4.78 is 1.73. The van der Waals surface area contributed by atoms with Crippen LogP contribution in [0.4, 0.5) is 0 Å². The molecule has 7 heteroatoms. The summed E-state index contributed by atoms with van der Waals surface area (Å²) in [6.45, 7) is 5.01. The molecule has 0 saturated carbocycles. The van der Waals surface area contributed by atoms with Crippen LogP contribution in [0.25, 0.3) is 0 Å². The molecular weight excluding hydrogens is 475 g/mol. The van der Waals surface area contributed by atoms with Gasteiger partial charge in [0.1, 0.15) is 0 Å². The molecule has 0 spiro atoms. The zero-order valence-corrected chi connectivity index (χ0v) is 19.0. The van der Waals surface area contributed by atoms with E-state index in [1.807, 2.05) is 43.6 Å². The number of pyridine rings is 1. The second-order valence-corrected chi connectivity index (χ2v) is 6.53. The van der Waals surface area contributed by atoms with Crippen LogP contribution in [0.2, 0.25) is 5.02 Å². The molecule has 1 heterocycles. The van der Waals surface area contributed by atoms with Crippen molar-refractivity contribution in [2.24, 2.45) is 4.99 Å². The van der Waals surface area contributed by atoms with Crippen LogP contribution < -0.4 is 10.9 Å². The first-order valence-electron chi connectivity index (χ1n) is 9.00. The van der Waals surface area contributed by atoms with Crippen LogP contribution in [0.3, 0.4) is 0 Å². The molecule has 5 nitrogen and oxygen atoms in total. The Morgan fingerprint density at radius 2 is 1.93 bits per heavy atom. The van der Waals surface area contributed by atoms with E-state index in [1.54, 1.807) is 16.7 Å². The lowest BCUT2D eigenvalue weighted by Crippen LogP contribution is -2.38. The Labute approximate surface area is 183 Å². The fraction of sp³-hybridized carbons (Fsp3) is 0.400. The third kappa shape index (κ3) is 7.92. The summed E-state index contributed by atoms with van der Waals surface area (Å²) in [5, 5.41) is 4.08. The van der Waals surface area contributed by atoms with Crippen molar-refractivity contribution in [2.75, 3.05) is 20.1 Å². The summed E-state index contributed by atoms with van der Waals surface area (Å²) in [7, 11) is 2.01. The predicted molar refractivity (Wildman–Crippen MR) is 124 cm³/mol. The third-order valence-electron chi connectivity index (χ3n) is 4.03. The lowest BCUT2D eigenvalue weighted by atomic mass is 10.2. The van der Waals surface area contributed by atoms with Gasteiger partial charge in [-0.05, 0) is 37.5 Å². The molecule has 0 amide bonds. The number of guanidine groups is 1. The van der Waals surface area contributed by atoms with Crippen molar-refractivity contribution >= 4 is 41.5 Å². The van der Waals surface area contributed by atoms with Gasteiger partial charge in [0.05, 0.1) is 0 Å². The number of nitrogens with zero attached hydrogens (tertiary/aromatic N) is 3. The van der Waals surface area contributed by atoms with Crippen molar-refractivity contribution in [3.63, 3.8) is 0 Å². The van der Waals surface area contributed by atoms with E-state index in [-0.39, 0.29) is 29.5 Å². The number of nitrogens with one attached hydrogen (secondary N) is 1. The molecule has 0 atom stereocenters. The Kier molecular flexibility index (Phi) is 11.1. The number of aliphatic imine (C=N–C) groups is 1. The van der Waals surface area contributed by atoms with E-state index in [0.717, 1.165) is 49.0 Å². The molecule has 1 N–H and O–H groups in total. The van der Waals surface area contributed by atoms with Gasteiger partial charge in [-0.3, -0.25) is 9.79 Å². The molecule has 2 aromatic rings. The summed E-state index contributed by atoms with van der Waals surface area (Å²) in [6, 6.07) is 13.1. The van der Waals surface area contributed by atoms with Gasteiger partial charge < -0.3 is 14.8 Å². The second kappa shape index (κ2) is 12.8. The summed E-state index contributed by atoms with van der Waals surface area (Å²) in [5.74, 6) is 0.865. The topological polar surface area (TPSA) is 49.6 Å². The minimum atomic E-state index is 0. The van der Waals surface area contributed by atoms with Gasteiger partial charge in [-0.1, -0.05) is 35.9 Å². The molecule has 2 rings (SSSR count). The SMILES string of the molecule is CCNC(=NCCCCn1ccccc1=O)N(C)Cc1ccccc1Cl.I. The maximum absolute atomic E-state index is 11.7. The molecule has 0 aliphatic carbocycles. The average Bonchev–Trinajstić information content (AvgIpc) is 2.64. The molecule has 27 heavy (non-hydrogen) atoms. The molecule has 0 radical (unpaired) electrons. The highest BCUT2D eigenvalue weighted by Crippen LogP contribution is 2.16. The number of benzene rings is 1. The van der Waals surface area contributed by atoms with Crippen molar-refractivity contribution in [1.29, 1.82) is 0 Å². The lowest BCUT2D eigenvalue weighted by Gasteiger charge is -2.22. The quantitative estimate of drug-likeness (QED) is 0.257. The Hall–Kier alpha value is -1.54. The van der Waals surface area contributed by atoms with E-state index in [4.69, 9.17) is 16.6 Å². The normalized spacial score (nSPS) is 11.0. The number of unbranched alkanes of at least 4 members (excludes halogenated alkanes) is 1. The molecule has 148 valence electrons. The van der Waals surface area contributed by atoms with Crippen molar-refractivity contribution in [3.05, 3.63) is 69.6 Å². The molecule has 0 saturated heterocycles. The Morgan fingerprint density at radius 1 is 1.19 bits per heavy atom. The molecular formula is C20H28ClIN4O. The third-order valence-corrected chi connectivity index (χ3v) is 4.40. The summed E-state index contributed by atoms with van der Waals surface area (Å²) in [4.78, 5) is 18.4. The van der Waals surface area contributed by atoms with E-state index in [9.17, 15) is 4.79 Å². The minimum absolute atomic E-state index is 0. The molecule has 0 bridgehead atoms. The molecule has 1 aromatic heterocycles. The lowest BCUT2D eigenvalue weighted by molar-refractivity contribution is 0.475. The highest BCUT2D eigenvalue weighted by atomic mass is 127. The van der Waals surface area contributed by atoms with Crippen LogP contribution in [0, 0.1) is 0 Å².